The second-order valence-corrected chi connectivity index (χ2v) is 5.18. The highest BCUT2D eigenvalue weighted by atomic mass is 16.7. The fraction of sp³-hybridized carbons (Fsp3) is 0.294. The van der Waals surface area contributed by atoms with E-state index >= 15 is 0 Å². The van der Waals surface area contributed by atoms with E-state index in [1.165, 1.54) is 11.1 Å². The number of hydrogen-bond acceptors (Lipinski definition) is 3. The Morgan fingerprint density at radius 2 is 1.70 bits per heavy atom. The summed E-state index contributed by atoms with van der Waals surface area (Å²) in [6, 6.07) is 18.6. The molecule has 2 aromatic rings. The molecule has 3 rings (SSSR count). The summed E-state index contributed by atoms with van der Waals surface area (Å²) in [5.41, 5.74) is 9.04. The zero-order valence-electron chi connectivity index (χ0n) is 11.6. The summed E-state index contributed by atoms with van der Waals surface area (Å²) < 4.78 is 11.7. The molecule has 0 amide bonds. The van der Waals surface area contributed by atoms with Crippen molar-refractivity contribution in [2.75, 3.05) is 13.2 Å². The summed E-state index contributed by atoms with van der Waals surface area (Å²) >= 11 is 0. The SMILES string of the molecule is CC1(c2ccc(-c3ccccc3)cc2)OCC(CN)O1. The van der Waals surface area contributed by atoms with Crippen molar-refractivity contribution in [2.45, 2.75) is 18.8 Å². The zero-order chi connectivity index (χ0) is 14.0. The summed E-state index contributed by atoms with van der Waals surface area (Å²) in [6.45, 7) is 2.98. The van der Waals surface area contributed by atoms with Crippen LogP contribution in [0.4, 0.5) is 0 Å². The molecular formula is C17H19NO2. The molecule has 0 aliphatic carbocycles. The number of nitrogens with two attached hydrogens (primary N) is 1. The van der Waals surface area contributed by atoms with E-state index in [0.29, 0.717) is 13.2 Å². The Morgan fingerprint density at radius 1 is 1.05 bits per heavy atom. The maximum absolute atomic E-state index is 5.88. The number of hydrogen-bond donors (Lipinski definition) is 1. The van der Waals surface area contributed by atoms with Crippen molar-refractivity contribution in [2.24, 2.45) is 5.73 Å². The van der Waals surface area contributed by atoms with Crippen molar-refractivity contribution in [3.05, 3.63) is 60.2 Å². The van der Waals surface area contributed by atoms with Crippen LogP contribution in [0.3, 0.4) is 0 Å². The lowest BCUT2D eigenvalue weighted by Gasteiger charge is -2.24. The molecule has 1 aliphatic heterocycles. The van der Waals surface area contributed by atoms with E-state index in [1.54, 1.807) is 0 Å². The van der Waals surface area contributed by atoms with Gasteiger partial charge in [0.2, 0.25) is 0 Å². The number of rotatable bonds is 3. The fourth-order valence-corrected chi connectivity index (χ4v) is 2.50. The standard InChI is InChI=1S/C17H19NO2/c1-17(19-12-16(11-18)20-17)15-9-7-14(8-10-15)13-5-3-2-4-6-13/h2-10,16H,11-12,18H2,1H3. The van der Waals surface area contributed by atoms with Crippen LogP contribution in [0.15, 0.2) is 54.6 Å². The van der Waals surface area contributed by atoms with Gasteiger partial charge in [-0.1, -0.05) is 54.6 Å². The van der Waals surface area contributed by atoms with Crippen LogP contribution in [0, 0.1) is 0 Å². The lowest BCUT2D eigenvalue weighted by Crippen LogP contribution is -2.27. The van der Waals surface area contributed by atoms with Crippen LogP contribution in [-0.2, 0) is 15.3 Å². The van der Waals surface area contributed by atoms with Gasteiger partial charge in [0.15, 0.2) is 5.79 Å². The van der Waals surface area contributed by atoms with Crippen molar-refractivity contribution < 1.29 is 9.47 Å². The van der Waals surface area contributed by atoms with Gasteiger partial charge in [0, 0.05) is 12.1 Å². The van der Waals surface area contributed by atoms with Gasteiger partial charge in [0.25, 0.3) is 0 Å². The zero-order valence-corrected chi connectivity index (χ0v) is 11.6. The molecule has 1 saturated heterocycles. The van der Waals surface area contributed by atoms with Gasteiger partial charge < -0.3 is 15.2 Å². The maximum atomic E-state index is 5.88. The first-order chi connectivity index (χ1) is 9.71. The van der Waals surface area contributed by atoms with Crippen LogP contribution >= 0.6 is 0 Å². The molecule has 0 bridgehead atoms. The van der Waals surface area contributed by atoms with E-state index in [-0.39, 0.29) is 6.10 Å². The Hall–Kier alpha value is -1.68. The third-order valence-electron chi connectivity index (χ3n) is 3.72. The van der Waals surface area contributed by atoms with E-state index in [9.17, 15) is 0 Å². The molecule has 20 heavy (non-hydrogen) atoms. The molecule has 104 valence electrons. The van der Waals surface area contributed by atoms with Gasteiger partial charge in [-0.15, -0.1) is 0 Å². The summed E-state index contributed by atoms with van der Waals surface area (Å²) in [7, 11) is 0. The molecule has 0 spiro atoms. The summed E-state index contributed by atoms with van der Waals surface area (Å²) in [4.78, 5) is 0. The molecular weight excluding hydrogens is 250 g/mol. The number of benzene rings is 2. The van der Waals surface area contributed by atoms with Crippen LogP contribution in [0.25, 0.3) is 11.1 Å². The van der Waals surface area contributed by atoms with Gasteiger partial charge in [-0.25, -0.2) is 0 Å². The highest BCUT2D eigenvalue weighted by Gasteiger charge is 2.38. The minimum atomic E-state index is -0.681. The van der Waals surface area contributed by atoms with Gasteiger partial charge in [-0.2, -0.15) is 0 Å². The van der Waals surface area contributed by atoms with Crippen molar-refractivity contribution in [3.8, 4) is 11.1 Å². The quantitative estimate of drug-likeness (QED) is 0.931. The lowest BCUT2D eigenvalue weighted by molar-refractivity contribution is -0.160. The second kappa shape index (κ2) is 5.37. The molecule has 1 heterocycles. The normalized spacial score (nSPS) is 25.8. The van der Waals surface area contributed by atoms with Gasteiger partial charge in [0.05, 0.1) is 12.7 Å². The van der Waals surface area contributed by atoms with Crippen molar-refractivity contribution in [1.82, 2.24) is 0 Å². The van der Waals surface area contributed by atoms with E-state index < -0.39 is 5.79 Å². The van der Waals surface area contributed by atoms with E-state index in [1.807, 2.05) is 25.1 Å². The monoisotopic (exact) mass is 269 g/mol. The van der Waals surface area contributed by atoms with Gasteiger partial charge in [-0.05, 0) is 18.1 Å². The molecule has 2 N–H and O–H groups in total. The molecule has 2 aromatic carbocycles. The van der Waals surface area contributed by atoms with Gasteiger partial charge in [0.1, 0.15) is 0 Å². The van der Waals surface area contributed by atoms with Crippen LogP contribution in [0.1, 0.15) is 12.5 Å². The Balaban J connectivity index is 1.83. The van der Waals surface area contributed by atoms with Crippen molar-refractivity contribution in [3.63, 3.8) is 0 Å². The second-order valence-electron chi connectivity index (χ2n) is 5.18. The molecule has 0 saturated carbocycles. The third-order valence-corrected chi connectivity index (χ3v) is 3.72. The topological polar surface area (TPSA) is 44.5 Å². The Bertz CT molecular complexity index is 567. The predicted octanol–water partition coefficient (Wildman–Crippen LogP) is 2.90. The third kappa shape index (κ3) is 2.48. The van der Waals surface area contributed by atoms with Crippen LogP contribution < -0.4 is 5.73 Å². The van der Waals surface area contributed by atoms with E-state index in [4.69, 9.17) is 15.2 Å². The van der Waals surface area contributed by atoms with E-state index in [0.717, 1.165) is 5.56 Å². The first-order valence-corrected chi connectivity index (χ1v) is 6.89. The summed E-state index contributed by atoms with van der Waals surface area (Å²) in [5, 5.41) is 0. The molecule has 1 aliphatic rings. The fourth-order valence-electron chi connectivity index (χ4n) is 2.50. The molecule has 3 heteroatoms. The average molecular weight is 269 g/mol. The van der Waals surface area contributed by atoms with Crippen LogP contribution in [-0.4, -0.2) is 19.3 Å². The summed E-state index contributed by atoms with van der Waals surface area (Å²) in [5.74, 6) is -0.681. The Labute approximate surface area is 119 Å². The Kier molecular flexibility index (Phi) is 3.57. The van der Waals surface area contributed by atoms with E-state index in [2.05, 4.69) is 36.4 Å². The smallest absolute Gasteiger partial charge is 0.192 e. The largest absolute Gasteiger partial charge is 0.343 e. The molecule has 3 nitrogen and oxygen atoms in total. The van der Waals surface area contributed by atoms with Crippen LogP contribution in [0.5, 0.6) is 0 Å². The maximum Gasteiger partial charge on any atom is 0.192 e. The van der Waals surface area contributed by atoms with Gasteiger partial charge >= 0.3 is 0 Å². The Morgan fingerprint density at radius 3 is 2.30 bits per heavy atom. The molecule has 0 radical (unpaired) electrons. The predicted molar refractivity (Wildman–Crippen MR) is 79.1 cm³/mol. The van der Waals surface area contributed by atoms with Gasteiger partial charge in [-0.3, -0.25) is 0 Å². The molecule has 2 unspecified atom stereocenters. The minimum absolute atomic E-state index is 0.0196. The lowest BCUT2D eigenvalue weighted by atomic mass is 10.0. The minimum Gasteiger partial charge on any atom is -0.343 e. The molecule has 1 fully saturated rings. The molecule has 0 aromatic heterocycles. The number of ether oxygens (including phenoxy) is 2. The van der Waals surface area contributed by atoms with Crippen molar-refractivity contribution in [1.29, 1.82) is 0 Å². The van der Waals surface area contributed by atoms with Crippen LogP contribution in [0.2, 0.25) is 0 Å². The average Bonchev–Trinajstić information content (AvgIpc) is 2.91. The molecule has 2 atom stereocenters. The first kappa shape index (κ1) is 13.3. The van der Waals surface area contributed by atoms with Crippen molar-refractivity contribution >= 4 is 0 Å². The summed E-state index contributed by atoms with van der Waals surface area (Å²) in [6.07, 6.45) is -0.0196. The highest BCUT2D eigenvalue weighted by molar-refractivity contribution is 5.63. The first-order valence-electron chi connectivity index (χ1n) is 6.89. The highest BCUT2D eigenvalue weighted by Crippen LogP contribution is 2.34.